The molecule has 4 aromatic rings. The van der Waals surface area contributed by atoms with Gasteiger partial charge in [0.1, 0.15) is 5.65 Å². The van der Waals surface area contributed by atoms with Gasteiger partial charge in [-0.05, 0) is 48.8 Å². The zero-order valence-electron chi connectivity index (χ0n) is 18.0. The maximum Gasteiger partial charge on any atom is 0.139 e. The van der Waals surface area contributed by atoms with Crippen LogP contribution in [0.3, 0.4) is 0 Å². The summed E-state index contributed by atoms with van der Waals surface area (Å²) >= 11 is 0. The van der Waals surface area contributed by atoms with E-state index >= 15 is 0 Å². The number of nitrogens with zero attached hydrogens (tertiary/aromatic N) is 5. The third kappa shape index (κ3) is 3.54. The largest absolute Gasteiger partial charge is 0.370 e. The second-order valence-electron chi connectivity index (χ2n) is 9.12. The minimum Gasteiger partial charge on any atom is -0.370 e. The Morgan fingerprint density at radius 3 is 2.50 bits per heavy atom. The van der Waals surface area contributed by atoms with Crippen molar-refractivity contribution in [2.24, 2.45) is 11.8 Å². The van der Waals surface area contributed by atoms with Crippen molar-refractivity contribution in [3.05, 3.63) is 55.1 Å². The summed E-state index contributed by atoms with van der Waals surface area (Å²) in [5.74, 6) is 0.982. The van der Waals surface area contributed by atoms with E-state index < -0.39 is 0 Å². The molecule has 6 nitrogen and oxygen atoms in total. The predicted molar refractivity (Wildman–Crippen MR) is 126 cm³/mol. The van der Waals surface area contributed by atoms with Crippen molar-refractivity contribution in [1.82, 2.24) is 19.7 Å². The van der Waals surface area contributed by atoms with E-state index in [2.05, 4.69) is 67.2 Å². The maximum absolute atomic E-state index is 9.30. The molecule has 160 valence electrons. The minimum atomic E-state index is 0.165. The van der Waals surface area contributed by atoms with Crippen molar-refractivity contribution < 1.29 is 0 Å². The summed E-state index contributed by atoms with van der Waals surface area (Å²) in [5, 5.41) is 15.0. The van der Waals surface area contributed by atoms with E-state index in [0.29, 0.717) is 0 Å². The Balaban J connectivity index is 1.33. The first kappa shape index (κ1) is 19.1. The Morgan fingerprint density at radius 2 is 1.75 bits per heavy atom. The molecular weight excluding hydrogens is 396 g/mol. The lowest BCUT2D eigenvalue weighted by molar-refractivity contribution is 0.488. The van der Waals surface area contributed by atoms with Crippen LogP contribution in [0.25, 0.3) is 33.3 Å². The fourth-order valence-electron chi connectivity index (χ4n) is 4.80. The van der Waals surface area contributed by atoms with Crippen molar-refractivity contribution in [1.29, 1.82) is 5.26 Å². The van der Waals surface area contributed by atoms with Gasteiger partial charge in [-0.25, -0.2) is 4.98 Å². The van der Waals surface area contributed by atoms with E-state index in [1.54, 1.807) is 0 Å². The number of H-pyrrole nitrogens is 1. The fraction of sp³-hybridized carbons (Fsp3) is 0.346. The lowest BCUT2D eigenvalue weighted by atomic mass is 9.95. The highest BCUT2D eigenvalue weighted by molar-refractivity contribution is 5.99. The van der Waals surface area contributed by atoms with Gasteiger partial charge in [0.25, 0.3) is 0 Å². The summed E-state index contributed by atoms with van der Waals surface area (Å²) in [6, 6.07) is 13.3. The van der Waals surface area contributed by atoms with Crippen LogP contribution in [0.1, 0.15) is 25.7 Å². The van der Waals surface area contributed by atoms with Crippen LogP contribution in [0.5, 0.6) is 0 Å². The third-order valence-electron chi connectivity index (χ3n) is 6.86. The Morgan fingerprint density at radius 1 is 0.969 bits per heavy atom. The van der Waals surface area contributed by atoms with Gasteiger partial charge in [0, 0.05) is 60.7 Å². The van der Waals surface area contributed by atoms with Crippen LogP contribution < -0.4 is 4.90 Å². The molecule has 0 radical (unpaired) electrons. The van der Waals surface area contributed by atoms with E-state index in [9.17, 15) is 5.26 Å². The normalized spacial score (nSPS) is 17.0. The molecule has 4 heterocycles. The number of pyridine rings is 1. The summed E-state index contributed by atoms with van der Waals surface area (Å²) in [4.78, 5) is 10.4. The number of rotatable bonds is 5. The predicted octanol–water partition coefficient (Wildman–Crippen LogP) is 5.24. The van der Waals surface area contributed by atoms with Crippen molar-refractivity contribution >= 4 is 16.7 Å². The summed E-state index contributed by atoms with van der Waals surface area (Å²) in [6.07, 6.45) is 12.5. The lowest BCUT2D eigenvalue weighted by Crippen LogP contribution is -2.33. The topological polar surface area (TPSA) is 73.5 Å². The molecule has 0 amide bonds. The molecule has 6 rings (SSSR count). The van der Waals surface area contributed by atoms with Crippen LogP contribution in [0.2, 0.25) is 0 Å². The first-order valence-electron chi connectivity index (χ1n) is 11.5. The highest BCUT2D eigenvalue weighted by Crippen LogP contribution is 2.38. The summed E-state index contributed by atoms with van der Waals surface area (Å²) in [7, 11) is 0. The van der Waals surface area contributed by atoms with Gasteiger partial charge in [-0.15, -0.1) is 0 Å². The van der Waals surface area contributed by atoms with Gasteiger partial charge in [0.2, 0.25) is 0 Å². The zero-order valence-corrected chi connectivity index (χ0v) is 18.0. The monoisotopic (exact) mass is 422 g/mol. The van der Waals surface area contributed by atoms with Crippen molar-refractivity contribution in [3.63, 3.8) is 0 Å². The molecule has 0 atom stereocenters. The number of piperidine rings is 1. The number of hydrogen-bond donors (Lipinski definition) is 1. The molecule has 1 aliphatic heterocycles. The minimum absolute atomic E-state index is 0.165. The molecule has 0 spiro atoms. The van der Waals surface area contributed by atoms with Gasteiger partial charge < -0.3 is 9.88 Å². The quantitative estimate of drug-likeness (QED) is 0.477. The van der Waals surface area contributed by atoms with Gasteiger partial charge in [-0.3, -0.25) is 4.68 Å². The van der Waals surface area contributed by atoms with Crippen LogP contribution in [0.4, 0.5) is 5.69 Å². The highest BCUT2D eigenvalue weighted by atomic mass is 15.3. The molecule has 0 bridgehead atoms. The average molecular weight is 423 g/mol. The van der Waals surface area contributed by atoms with Gasteiger partial charge in [-0.1, -0.05) is 24.3 Å². The van der Waals surface area contributed by atoms with Gasteiger partial charge in [0.15, 0.2) is 0 Å². The number of nitrogens with one attached hydrogen (secondary N) is 1. The molecule has 0 unspecified atom stereocenters. The molecule has 6 heteroatoms. The Hall–Kier alpha value is -3.59. The van der Waals surface area contributed by atoms with E-state index in [1.165, 1.54) is 24.1 Å². The summed E-state index contributed by atoms with van der Waals surface area (Å²) in [5.41, 5.74) is 6.78. The third-order valence-corrected chi connectivity index (χ3v) is 6.86. The molecule has 1 N–H and O–H groups in total. The molecular formula is C26H26N6. The van der Waals surface area contributed by atoms with E-state index in [1.807, 2.05) is 18.6 Å². The summed E-state index contributed by atoms with van der Waals surface area (Å²) in [6.45, 7) is 2.83. The molecule has 1 aromatic carbocycles. The molecule has 2 fully saturated rings. The SMILES string of the molecule is N#CC1CCN(c2c(-c3ccc(-c4cnn(CC5CC5)c4)cc3)cnc3[nH]ccc23)CC1. The van der Waals surface area contributed by atoms with E-state index in [0.717, 1.165) is 66.1 Å². The standard InChI is InChI=1S/C26H26N6/c27-13-18-8-11-31(12-9-18)25-23-7-10-28-26(23)29-15-24(25)21-5-3-20(4-6-21)22-14-30-32(17-22)16-19-1-2-19/h3-7,10,14-15,17-19H,1-2,8-9,11-12,16H2,(H,28,29). The van der Waals surface area contributed by atoms with Crippen LogP contribution in [0.15, 0.2) is 55.1 Å². The van der Waals surface area contributed by atoms with Gasteiger partial charge >= 0.3 is 0 Å². The number of aromatic amines is 1. The van der Waals surface area contributed by atoms with Crippen LogP contribution in [-0.2, 0) is 6.54 Å². The number of hydrogen-bond acceptors (Lipinski definition) is 4. The number of benzene rings is 1. The highest BCUT2D eigenvalue weighted by Gasteiger charge is 2.24. The average Bonchev–Trinajstić information content (AvgIpc) is 3.32. The number of nitriles is 1. The van der Waals surface area contributed by atoms with Crippen molar-refractivity contribution in [2.75, 3.05) is 18.0 Å². The lowest BCUT2D eigenvalue weighted by Gasteiger charge is -2.33. The first-order valence-corrected chi connectivity index (χ1v) is 11.5. The van der Waals surface area contributed by atoms with Crippen molar-refractivity contribution in [2.45, 2.75) is 32.2 Å². The second kappa shape index (κ2) is 7.83. The Kier molecular flexibility index (Phi) is 4.68. The molecule has 3 aromatic heterocycles. The first-order chi connectivity index (χ1) is 15.8. The fourth-order valence-corrected chi connectivity index (χ4v) is 4.80. The Bertz CT molecular complexity index is 1280. The number of fused-ring (bicyclic) bond motifs is 1. The van der Waals surface area contributed by atoms with Crippen LogP contribution in [0, 0.1) is 23.2 Å². The zero-order chi connectivity index (χ0) is 21.5. The maximum atomic E-state index is 9.30. The molecule has 1 aliphatic carbocycles. The Labute approximate surface area is 187 Å². The van der Waals surface area contributed by atoms with Crippen LogP contribution >= 0.6 is 0 Å². The van der Waals surface area contributed by atoms with Gasteiger partial charge in [-0.2, -0.15) is 10.4 Å². The molecule has 1 saturated carbocycles. The number of aromatic nitrogens is 4. The van der Waals surface area contributed by atoms with E-state index in [-0.39, 0.29) is 5.92 Å². The van der Waals surface area contributed by atoms with Crippen molar-refractivity contribution in [3.8, 4) is 28.3 Å². The molecule has 1 saturated heterocycles. The molecule has 32 heavy (non-hydrogen) atoms. The summed E-state index contributed by atoms with van der Waals surface area (Å²) < 4.78 is 2.08. The molecule has 2 aliphatic rings. The van der Waals surface area contributed by atoms with E-state index in [4.69, 9.17) is 0 Å². The van der Waals surface area contributed by atoms with Gasteiger partial charge in [0.05, 0.1) is 18.0 Å². The number of anilines is 1. The second-order valence-corrected chi connectivity index (χ2v) is 9.12. The van der Waals surface area contributed by atoms with Crippen LogP contribution in [-0.4, -0.2) is 32.8 Å². The smallest absolute Gasteiger partial charge is 0.139 e.